The van der Waals surface area contributed by atoms with Crippen molar-refractivity contribution in [3.05, 3.63) is 35.1 Å². The summed E-state index contributed by atoms with van der Waals surface area (Å²) in [4.78, 5) is 10.4. The number of carbonyl (C=O) groups is 1. The predicted molar refractivity (Wildman–Crippen MR) is 43.7 cm³/mol. The van der Waals surface area contributed by atoms with E-state index in [0.717, 1.165) is 18.2 Å². The number of rotatable bonds is 2. The van der Waals surface area contributed by atoms with Gasteiger partial charge in [0.2, 0.25) is 0 Å². The number of aliphatic carboxylic acids is 1. The number of nitriles is 1. The van der Waals surface area contributed by atoms with Gasteiger partial charge in [0.05, 0.1) is 11.6 Å². The third-order valence-electron chi connectivity index (χ3n) is 1.66. The van der Waals surface area contributed by atoms with Crippen LogP contribution >= 0.6 is 0 Å². The summed E-state index contributed by atoms with van der Waals surface area (Å²) in [7, 11) is 0. The van der Waals surface area contributed by atoms with Crippen LogP contribution in [0, 0.1) is 17.1 Å². The van der Waals surface area contributed by atoms with Crippen LogP contribution < -0.4 is 0 Å². The van der Waals surface area contributed by atoms with E-state index in [4.69, 9.17) is 15.5 Å². The van der Waals surface area contributed by atoms with Crippen molar-refractivity contribution in [3.8, 4) is 6.07 Å². The Hall–Kier alpha value is -1.93. The van der Waals surface area contributed by atoms with E-state index in [1.165, 1.54) is 0 Å². The molecule has 0 heterocycles. The molecule has 0 saturated carbocycles. The lowest BCUT2D eigenvalue weighted by molar-refractivity contribution is -0.146. The number of hydrogen-bond acceptors (Lipinski definition) is 3. The third kappa shape index (κ3) is 1.87. The minimum atomic E-state index is -1.87. The van der Waals surface area contributed by atoms with Gasteiger partial charge in [-0.2, -0.15) is 5.26 Å². The molecule has 0 aliphatic heterocycles. The Kier molecular flexibility index (Phi) is 2.79. The normalized spacial score (nSPS) is 11.8. The predicted octanol–water partition coefficient (Wildman–Crippen LogP) is 0.815. The second-order valence-corrected chi connectivity index (χ2v) is 2.58. The van der Waals surface area contributed by atoms with Crippen LogP contribution in [-0.2, 0) is 4.79 Å². The van der Waals surface area contributed by atoms with Gasteiger partial charge >= 0.3 is 5.97 Å². The molecule has 0 bridgehead atoms. The molecule has 1 atom stereocenters. The number of carboxylic acid groups (broad SMARTS) is 1. The lowest BCUT2D eigenvalue weighted by atomic mass is 10.0. The Morgan fingerprint density at radius 2 is 2.21 bits per heavy atom. The van der Waals surface area contributed by atoms with Gasteiger partial charge in [-0.1, -0.05) is 0 Å². The minimum Gasteiger partial charge on any atom is -0.479 e. The van der Waals surface area contributed by atoms with Crippen LogP contribution in [0.4, 0.5) is 4.39 Å². The van der Waals surface area contributed by atoms with Gasteiger partial charge in [-0.25, -0.2) is 9.18 Å². The second kappa shape index (κ2) is 3.85. The number of benzene rings is 1. The van der Waals surface area contributed by atoms with Crippen LogP contribution in [-0.4, -0.2) is 16.2 Å². The zero-order chi connectivity index (χ0) is 10.7. The van der Waals surface area contributed by atoms with Crippen LogP contribution in [0.1, 0.15) is 17.2 Å². The number of aliphatic hydroxyl groups excluding tert-OH is 1. The Balaban J connectivity index is 3.25. The van der Waals surface area contributed by atoms with Gasteiger partial charge in [-0.15, -0.1) is 0 Å². The number of hydrogen-bond donors (Lipinski definition) is 2. The first-order valence-corrected chi connectivity index (χ1v) is 3.66. The van der Waals surface area contributed by atoms with Crippen molar-refractivity contribution in [1.82, 2.24) is 0 Å². The molecule has 0 aliphatic rings. The lowest BCUT2D eigenvalue weighted by Gasteiger charge is -2.07. The summed E-state index contributed by atoms with van der Waals surface area (Å²) < 4.78 is 12.7. The first-order valence-electron chi connectivity index (χ1n) is 3.66. The summed E-state index contributed by atoms with van der Waals surface area (Å²) in [5.74, 6) is -2.22. The molecule has 5 heteroatoms. The van der Waals surface area contributed by atoms with Gasteiger partial charge in [-0.3, -0.25) is 0 Å². The standard InChI is InChI=1S/C9H6FNO3/c10-6-2-1-5(4-11)7(3-6)8(12)9(13)14/h1-3,8,12H,(H,13,14). The molecule has 4 nitrogen and oxygen atoms in total. The first-order chi connectivity index (χ1) is 6.56. The fraction of sp³-hybridized carbons (Fsp3) is 0.111. The number of halogens is 1. The van der Waals surface area contributed by atoms with E-state index in [1.54, 1.807) is 6.07 Å². The monoisotopic (exact) mass is 195 g/mol. The Labute approximate surface area is 78.8 Å². The highest BCUT2D eigenvalue weighted by Crippen LogP contribution is 2.18. The molecule has 2 N–H and O–H groups in total. The van der Waals surface area contributed by atoms with Crippen molar-refractivity contribution >= 4 is 5.97 Å². The second-order valence-electron chi connectivity index (χ2n) is 2.58. The van der Waals surface area contributed by atoms with Crippen molar-refractivity contribution < 1.29 is 19.4 Å². The van der Waals surface area contributed by atoms with E-state index in [-0.39, 0.29) is 11.1 Å². The van der Waals surface area contributed by atoms with Gasteiger partial charge in [0.15, 0.2) is 6.10 Å². The van der Waals surface area contributed by atoms with Gasteiger partial charge < -0.3 is 10.2 Å². The fourth-order valence-electron chi connectivity index (χ4n) is 0.995. The smallest absolute Gasteiger partial charge is 0.337 e. The zero-order valence-corrected chi connectivity index (χ0v) is 6.94. The molecular formula is C9H6FNO3. The quantitative estimate of drug-likeness (QED) is 0.731. The molecule has 0 aromatic heterocycles. The molecule has 14 heavy (non-hydrogen) atoms. The number of nitrogens with zero attached hydrogens (tertiary/aromatic N) is 1. The Morgan fingerprint density at radius 3 is 2.71 bits per heavy atom. The van der Waals surface area contributed by atoms with Crippen LogP contribution in [0.3, 0.4) is 0 Å². The number of aliphatic hydroxyl groups is 1. The van der Waals surface area contributed by atoms with Crippen molar-refractivity contribution in [1.29, 1.82) is 5.26 Å². The minimum absolute atomic E-state index is 0.0544. The largest absolute Gasteiger partial charge is 0.479 e. The highest BCUT2D eigenvalue weighted by atomic mass is 19.1. The molecule has 0 spiro atoms. The molecular weight excluding hydrogens is 189 g/mol. The van der Waals surface area contributed by atoms with E-state index in [1.807, 2.05) is 0 Å². The van der Waals surface area contributed by atoms with Crippen molar-refractivity contribution in [2.45, 2.75) is 6.10 Å². The van der Waals surface area contributed by atoms with E-state index in [0.29, 0.717) is 0 Å². The molecule has 0 amide bonds. The summed E-state index contributed by atoms with van der Waals surface area (Å²) in [6.07, 6.45) is -1.87. The average molecular weight is 195 g/mol. The SMILES string of the molecule is N#Cc1ccc(F)cc1C(O)C(=O)O. The molecule has 0 saturated heterocycles. The molecule has 0 radical (unpaired) electrons. The maximum absolute atomic E-state index is 12.7. The summed E-state index contributed by atoms with van der Waals surface area (Å²) in [6.45, 7) is 0. The van der Waals surface area contributed by atoms with Gasteiger partial charge in [0.1, 0.15) is 5.82 Å². The average Bonchev–Trinajstić information content (AvgIpc) is 2.16. The fourth-order valence-corrected chi connectivity index (χ4v) is 0.995. The molecule has 1 unspecified atom stereocenters. The first kappa shape index (κ1) is 10.2. The summed E-state index contributed by atoms with van der Waals surface area (Å²) in [5, 5.41) is 26.1. The zero-order valence-electron chi connectivity index (χ0n) is 6.94. The van der Waals surface area contributed by atoms with Crippen LogP contribution in [0.15, 0.2) is 18.2 Å². The summed E-state index contributed by atoms with van der Waals surface area (Å²) in [5.41, 5.74) is -0.290. The summed E-state index contributed by atoms with van der Waals surface area (Å²) >= 11 is 0. The summed E-state index contributed by atoms with van der Waals surface area (Å²) in [6, 6.07) is 4.65. The van der Waals surface area contributed by atoms with Crippen LogP contribution in [0.2, 0.25) is 0 Å². The third-order valence-corrected chi connectivity index (χ3v) is 1.66. The van der Waals surface area contributed by atoms with E-state index < -0.39 is 17.9 Å². The van der Waals surface area contributed by atoms with Gasteiger partial charge in [-0.05, 0) is 18.2 Å². The van der Waals surface area contributed by atoms with Crippen molar-refractivity contribution in [2.75, 3.05) is 0 Å². The van der Waals surface area contributed by atoms with E-state index in [9.17, 15) is 9.18 Å². The van der Waals surface area contributed by atoms with Crippen molar-refractivity contribution in [2.24, 2.45) is 0 Å². The molecule has 72 valence electrons. The molecule has 1 aromatic rings. The van der Waals surface area contributed by atoms with E-state index in [2.05, 4.69) is 0 Å². The Bertz CT molecular complexity index is 411. The highest BCUT2D eigenvalue weighted by Gasteiger charge is 2.19. The molecule has 1 rings (SSSR count). The van der Waals surface area contributed by atoms with Crippen LogP contribution in [0.25, 0.3) is 0 Å². The topological polar surface area (TPSA) is 81.3 Å². The van der Waals surface area contributed by atoms with E-state index >= 15 is 0 Å². The Morgan fingerprint density at radius 1 is 1.57 bits per heavy atom. The van der Waals surface area contributed by atoms with Gasteiger partial charge in [0.25, 0.3) is 0 Å². The molecule has 0 fully saturated rings. The lowest BCUT2D eigenvalue weighted by Crippen LogP contribution is -2.12. The molecule has 0 aliphatic carbocycles. The number of carboxylic acids is 1. The maximum Gasteiger partial charge on any atom is 0.337 e. The van der Waals surface area contributed by atoms with Crippen molar-refractivity contribution in [3.63, 3.8) is 0 Å². The van der Waals surface area contributed by atoms with Crippen LogP contribution in [0.5, 0.6) is 0 Å². The highest BCUT2D eigenvalue weighted by molar-refractivity contribution is 5.75. The van der Waals surface area contributed by atoms with Gasteiger partial charge in [0, 0.05) is 5.56 Å². The molecule has 1 aromatic carbocycles. The maximum atomic E-state index is 12.7.